The summed E-state index contributed by atoms with van der Waals surface area (Å²) in [7, 11) is 3.28. The number of fused-ring (bicyclic) bond motifs is 2. The van der Waals surface area contributed by atoms with E-state index >= 15 is 0 Å². The van der Waals surface area contributed by atoms with Crippen molar-refractivity contribution in [1.29, 1.82) is 5.26 Å². The van der Waals surface area contributed by atoms with Crippen molar-refractivity contribution in [2.45, 2.75) is 30.9 Å². The van der Waals surface area contributed by atoms with E-state index in [1.807, 2.05) is 67.6 Å². The fraction of sp³-hybridized carbons (Fsp3) is 0.250. The number of methoxy groups -OCH3 is 1. The van der Waals surface area contributed by atoms with Gasteiger partial charge in [-0.15, -0.1) is 0 Å². The summed E-state index contributed by atoms with van der Waals surface area (Å²) < 4.78 is 11.8. The molecule has 176 valence electrons. The first-order valence-electron chi connectivity index (χ1n) is 11.4. The molecule has 3 aromatic carbocycles. The first kappa shape index (κ1) is 22.5. The van der Waals surface area contributed by atoms with Crippen molar-refractivity contribution in [3.8, 4) is 28.7 Å². The third-order valence-corrected chi connectivity index (χ3v) is 6.78. The Kier molecular flexibility index (Phi) is 5.25. The van der Waals surface area contributed by atoms with Crippen molar-refractivity contribution >= 4 is 11.9 Å². The number of aliphatic imine (C=N–C) groups is 1. The Labute approximate surface area is 204 Å². The molecule has 0 saturated heterocycles. The van der Waals surface area contributed by atoms with Crippen LogP contribution >= 0.6 is 0 Å². The predicted octanol–water partition coefficient (Wildman–Crippen LogP) is 4.00. The van der Waals surface area contributed by atoms with Gasteiger partial charge in [-0.3, -0.25) is 9.69 Å². The van der Waals surface area contributed by atoms with E-state index in [0.717, 1.165) is 22.4 Å². The van der Waals surface area contributed by atoms with Crippen molar-refractivity contribution in [2.24, 2.45) is 10.7 Å². The highest BCUT2D eigenvalue weighted by atomic mass is 16.5. The maximum atomic E-state index is 13.6. The number of carbonyl (C=O) groups is 1. The Hall–Kier alpha value is -4.31. The van der Waals surface area contributed by atoms with Crippen molar-refractivity contribution in [2.75, 3.05) is 14.2 Å². The van der Waals surface area contributed by atoms with Gasteiger partial charge in [-0.1, -0.05) is 30.3 Å². The van der Waals surface area contributed by atoms with Crippen LogP contribution in [-0.2, 0) is 16.8 Å². The van der Waals surface area contributed by atoms with Crippen molar-refractivity contribution in [3.63, 3.8) is 0 Å². The Balaban J connectivity index is 1.61. The number of ether oxygens (including phenoxy) is 2. The Bertz CT molecular complexity index is 1390. The summed E-state index contributed by atoms with van der Waals surface area (Å²) in [6.45, 7) is 2.00. The summed E-state index contributed by atoms with van der Waals surface area (Å²) in [6, 6.07) is 23.1. The number of carbonyl (C=O) groups excluding carboxylic acids is 1. The van der Waals surface area contributed by atoms with Crippen LogP contribution < -0.4 is 15.2 Å². The average Bonchev–Trinajstić information content (AvgIpc) is 3.07. The molecule has 1 spiro atoms. The van der Waals surface area contributed by atoms with E-state index in [4.69, 9.17) is 20.2 Å². The third-order valence-electron chi connectivity index (χ3n) is 6.78. The van der Waals surface area contributed by atoms with Gasteiger partial charge in [-0.2, -0.15) is 5.26 Å². The lowest BCUT2D eigenvalue weighted by Crippen LogP contribution is -2.51. The molecule has 2 aliphatic rings. The molecule has 3 aromatic rings. The van der Waals surface area contributed by atoms with Crippen LogP contribution in [0.25, 0.3) is 11.1 Å². The second-order valence-electron chi connectivity index (χ2n) is 9.35. The molecule has 0 bridgehead atoms. The van der Waals surface area contributed by atoms with Crippen LogP contribution in [0.15, 0.2) is 71.7 Å². The summed E-state index contributed by atoms with van der Waals surface area (Å²) in [5.74, 6) is 1.39. The van der Waals surface area contributed by atoms with E-state index in [0.29, 0.717) is 29.7 Å². The molecule has 2 atom stereocenters. The molecule has 0 aliphatic carbocycles. The number of nitrogens with two attached hydrogens (primary N) is 1. The minimum Gasteiger partial charge on any atom is -0.497 e. The van der Waals surface area contributed by atoms with Crippen LogP contribution in [0.1, 0.15) is 30.0 Å². The van der Waals surface area contributed by atoms with Crippen LogP contribution in [-0.4, -0.2) is 36.5 Å². The predicted molar refractivity (Wildman–Crippen MR) is 133 cm³/mol. The van der Waals surface area contributed by atoms with E-state index in [1.165, 1.54) is 4.90 Å². The number of rotatable bonds is 4. The first-order chi connectivity index (χ1) is 16.8. The topological polar surface area (TPSA) is 101 Å². The van der Waals surface area contributed by atoms with Gasteiger partial charge >= 0.3 is 0 Å². The molecule has 2 N–H and O–H groups in total. The molecule has 2 aliphatic heterocycles. The zero-order valence-electron chi connectivity index (χ0n) is 19.9. The smallest absolute Gasteiger partial charge is 0.261 e. The molecule has 1 unspecified atom stereocenters. The van der Waals surface area contributed by atoms with Gasteiger partial charge in [0, 0.05) is 25.5 Å². The molecule has 7 heteroatoms. The molecule has 0 saturated carbocycles. The van der Waals surface area contributed by atoms with Gasteiger partial charge in [-0.25, -0.2) is 4.99 Å². The van der Waals surface area contributed by atoms with Gasteiger partial charge in [0.25, 0.3) is 5.91 Å². The number of amides is 1. The molecular formula is C28H26N4O3. The number of hydrogen-bond acceptors (Lipinski definition) is 6. The molecule has 35 heavy (non-hydrogen) atoms. The van der Waals surface area contributed by atoms with Crippen LogP contribution in [0.5, 0.6) is 11.5 Å². The number of nitrogens with zero attached hydrogens (tertiary/aromatic N) is 3. The second-order valence-corrected chi connectivity index (χ2v) is 9.35. The molecule has 0 fully saturated rings. The Morgan fingerprint density at radius 1 is 1.14 bits per heavy atom. The number of likely N-dealkylation sites (N-methyl/N-ethyl adjacent to an activating group) is 1. The number of nitriles is 1. The maximum absolute atomic E-state index is 13.6. The van der Waals surface area contributed by atoms with Gasteiger partial charge in [0.15, 0.2) is 11.5 Å². The van der Waals surface area contributed by atoms with Crippen molar-refractivity contribution in [1.82, 2.24) is 4.90 Å². The van der Waals surface area contributed by atoms with Gasteiger partial charge < -0.3 is 15.2 Å². The summed E-state index contributed by atoms with van der Waals surface area (Å²) in [4.78, 5) is 19.8. The summed E-state index contributed by atoms with van der Waals surface area (Å²) in [5, 5.41) is 9.31. The highest BCUT2D eigenvalue weighted by Gasteiger charge is 2.56. The normalized spacial score (nSPS) is 22.9. The fourth-order valence-corrected chi connectivity index (χ4v) is 5.09. The first-order valence-corrected chi connectivity index (χ1v) is 11.4. The van der Waals surface area contributed by atoms with Gasteiger partial charge in [-0.05, 0) is 60.0 Å². The van der Waals surface area contributed by atoms with Crippen LogP contribution in [0.2, 0.25) is 0 Å². The minimum atomic E-state index is -1.18. The molecule has 0 radical (unpaired) electrons. The van der Waals surface area contributed by atoms with Gasteiger partial charge in [0.05, 0.1) is 18.7 Å². The monoisotopic (exact) mass is 466 g/mol. The zero-order chi connectivity index (χ0) is 24.8. The largest absolute Gasteiger partial charge is 0.497 e. The summed E-state index contributed by atoms with van der Waals surface area (Å²) in [6.07, 6.45) is 0.918. The zero-order valence-corrected chi connectivity index (χ0v) is 19.9. The van der Waals surface area contributed by atoms with E-state index in [1.54, 1.807) is 20.2 Å². The quantitative estimate of drug-likeness (QED) is 0.626. The number of benzene rings is 3. The second kappa shape index (κ2) is 8.17. The lowest BCUT2D eigenvalue weighted by Gasteiger charge is -2.43. The van der Waals surface area contributed by atoms with E-state index in [9.17, 15) is 10.1 Å². The van der Waals surface area contributed by atoms with Crippen LogP contribution in [0.4, 0.5) is 0 Å². The van der Waals surface area contributed by atoms with Crippen LogP contribution in [0, 0.1) is 11.3 Å². The highest BCUT2D eigenvalue weighted by Crippen LogP contribution is 2.50. The lowest BCUT2D eigenvalue weighted by molar-refractivity contribution is -0.133. The molecule has 1 amide bonds. The molecule has 0 aromatic heterocycles. The summed E-state index contributed by atoms with van der Waals surface area (Å²) >= 11 is 0. The molecule has 7 nitrogen and oxygen atoms in total. The van der Waals surface area contributed by atoms with Crippen molar-refractivity contribution in [3.05, 3.63) is 83.4 Å². The highest BCUT2D eigenvalue weighted by molar-refractivity contribution is 6.07. The van der Waals surface area contributed by atoms with Gasteiger partial charge in [0.1, 0.15) is 17.1 Å². The molecular weight excluding hydrogens is 440 g/mol. The standard InChI is InChI=1S/C28H26N4O3/c1-27(15-18-7-10-22(34-3)11-8-18)17-28(25(33)32(2)26(30)31-28)23-14-21(9-12-24(23)35-27)20-6-4-5-19(13-20)16-29/h4-14H,15,17H2,1-3H3,(H2,30,31)/t27-,28?/m0/s1. The lowest BCUT2D eigenvalue weighted by atomic mass is 9.74. The SMILES string of the molecule is COc1ccc(C[C@@]2(C)CC3(N=C(N)N(C)C3=O)c3cc(-c4cccc(C#N)c4)ccc3O2)cc1. The number of hydrogen-bond donors (Lipinski definition) is 1. The van der Waals surface area contributed by atoms with E-state index < -0.39 is 11.1 Å². The minimum absolute atomic E-state index is 0.177. The maximum Gasteiger partial charge on any atom is 0.261 e. The Morgan fingerprint density at radius 2 is 1.89 bits per heavy atom. The average molecular weight is 467 g/mol. The van der Waals surface area contributed by atoms with E-state index in [2.05, 4.69) is 6.07 Å². The molecule has 5 rings (SSSR count). The van der Waals surface area contributed by atoms with Gasteiger partial charge in [0.2, 0.25) is 0 Å². The number of guanidine groups is 1. The molecule has 2 heterocycles. The fourth-order valence-electron chi connectivity index (χ4n) is 5.09. The Morgan fingerprint density at radius 3 is 2.54 bits per heavy atom. The summed E-state index contributed by atoms with van der Waals surface area (Å²) in [5.41, 5.74) is 8.34. The van der Waals surface area contributed by atoms with Crippen molar-refractivity contribution < 1.29 is 14.3 Å². The van der Waals surface area contributed by atoms with Crippen LogP contribution in [0.3, 0.4) is 0 Å². The van der Waals surface area contributed by atoms with E-state index in [-0.39, 0.29) is 11.9 Å². The third kappa shape index (κ3) is 3.77.